The van der Waals surface area contributed by atoms with Crippen molar-refractivity contribution in [2.75, 3.05) is 18.9 Å². The predicted octanol–water partition coefficient (Wildman–Crippen LogP) is -2.11. The highest BCUT2D eigenvalue weighted by molar-refractivity contribution is 7.61. The molecule has 0 amide bonds. The summed E-state index contributed by atoms with van der Waals surface area (Å²) in [6, 6.07) is 5.03. The van der Waals surface area contributed by atoms with Gasteiger partial charge in [0.05, 0.1) is 19.5 Å². The van der Waals surface area contributed by atoms with Gasteiger partial charge < -0.3 is 45.4 Å². The van der Waals surface area contributed by atoms with Crippen molar-refractivity contribution >= 4 is 32.6 Å². The zero-order valence-corrected chi connectivity index (χ0v) is 22.6. The fourth-order valence-corrected chi connectivity index (χ4v) is 6.45. The maximum atomic E-state index is 12.4. The number of aromatic nitrogens is 5. The Morgan fingerprint density at radius 1 is 0.878 bits per heavy atom. The number of hydrogen-bond donors (Lipinski definition) is 7. The van der Waals surface area contributed by atoms with Crippen LogP contribution in [0.25, 0.3) is 11.2 Å². The molecule has 2 aliphatic rings. The first-order valence-corrected chi connectivity index (χ1v) is 14.9. The van der Waals surface area contributed by atoms with E-state index in [4.69, 9.17) is 24.3 Å². The third-order valence-corrected chi connectivity index (χ3v) is 8.98. The second-order valence-electron chi connectivity index (χ2n) is 9.11. The summed E-state index contributed by atoms with van der Waals surface area (Å²) in [6.07, 6.45) is -5.58. The van der Waals surface area contributed by atoms with E-state index >= 15 is 0 Å². The lowest BCUT2D eigenvalue weighted by molar-refractivity contribution is -0.765. The maximum absolute atomic E-state index is 12.4. The molecule has 2 saturated heterocycles. The minimum Gasteiger partial charge on any atom is -0.387 e. The number of hydrogen-bond acceptors (Lipinski definition) is 15. The van der Waals surface area contributed by atoms with Gasteiger partial charge in [-0.1, -0.05) is 6.07 Å². The molecule has 2 aliphatic heterocycles. The molecule has 5 rings (SSSR count). The molecule has 5 heterocycles. The van der Waals surface area contributed by atoms with Crippen molar-refractivity contribution in [1.29, 1.82) is 0 Å². The van der Waals surface area contributed by atoms with Crippen molar-refractivity contribution in [1.82, 2.24) is 19.5 Å². The van der Waals surface area contributed by atoms with Gasteiger partial charge in [-0.05, 0) is 0 Å². The Labute approximate surface area is 230 Å². The number of pyridine rings is 1. The number of phosphoric acid groups is 2. The lowest BCUT2D eigenvalue weighted by atomic mass is 10.1. The van der Waals surface area contributed by atoms with E-state index in [2.05, 4.69) is 19.3 Å². The Kier molecular flexibility index (Phi) is 8.53. The van der Waals surface area contributed by atoms with Crippen molar-refractivity contribution < 1.29 is 66.7 Å². The minimum absolute atomic E-state index is 0.0655. The maximum Gasteiger partial charge on any atom is 0.481 e. The van der Waals surface area contributed by atoms with Gasteiger partial charge in [0.15, 0.2) is 36.2 Å². The molecule has 0 spiro atoms. The molecule has 0 bridgehead atoms. The highest BCUT2D eigenvalue weighted by Crippen LogP contribution is 2.60. The molecular formula is C20H27N6O13P2+. The van der Waals surface area contributed by atoms with Crippen LogP contribution in [0.2, 0.25) is 0 Å². The molecule has 0 radical (unpaired) electrons. The molecule has 0 aromatic carbocycles. The molecule has 41 heavy (non-hydrogen) atoms. The lowest BCUT2D eigenvalue weighted by Crippen LogP contribution is -2.45. The van der Waals surface area contributed by atoms with Crippen LogP contribution in [0.3, 0.4) is 0 Å². The third-order valence-electron chi connectivity index (χ3n) is 6.38. The van der Waals surface area contributed by atoms with E-state index in [0.29, 0.717) is 0 Å². The summed E-state index contributed by atoms with van der Waals surface area (Å²) in [5.74, 6) is 0.0655. The van der Waals surface area contributed by atoms with E-state index in [1.165, 1.54) is 15.5 Å². The van der Waals surface area contributed by atoms with Crippen LogP contribution >= 0.6 is 15.6 Å². The zero-order valence-electron chi connectivity index (χ0n) is 20.8. The molecule has 3 aromatic heterocycles. The summed E-state index contributed by atoms with van der Waals surface area (Å²) in [4.78, 5) is 31.8. The first-order valence-electron chi connectivity index (χ1n) is 11.9. The number of phosphoric ester groups is 2. The van der Waals surface area contributed by atoms with Crippen molar-refractivity contribution in [3.63, 3.8) is 0 Å². The van der Waals surface area contributed by atoms with Gasteiger partial charge in [0.1, 0.15) is 42.4 Å². The van der Waals surface area contributed by atoms with Gasteiger partial charge in [-0.3, -0.25) is 13.6 Å². The van der Waals surface area contributed by atoms with Crippen molar-refractivity contribution in [3.05, 3.63) is 43.2 Å². The number of nitrogens with two attached hydrogens (primary N) is 1. The molecule has 2 fully saturated rings. The van der Waals surface area contributed by atoms with Crippen LogP contribution in [0, 0.1) is 0 Å². The average Bonchev–Trinajstić information content (AvgIpc) is 3.57. The van der Waals surface area contributed by atoms with Crippen LogP contribution in [0.15, 0.2) is 43.2 Å². The largest absolute Gasteiger partial charge is 0.481 e. The van der Waals surface area contributed by atoms with Crippen LogP contribution in [0.1, 0.15) is 12.5 Å². The summed E-state index contributed by atoms with van der Waals surface area (Å²) in [5.41, 5.74) is 6.14. The van der Waals surface area contributed by atoms with Crippen LogP contribution in [0.4, 0.5) is 5.82 Å². The summed E-state index contributed by atoms with van der Waals surface area (Å²) in [7, 11) is -10.6. The molecule has 10 atom stereocenters. The number of imidazole rings is 1. The molecule has 224 valence electrons. The minimum atomic E-state index is -5.31. The van der Waals surface area contributed by atoms with Gasteiger partial charge in [0.25, 0.3) is 6.23 Å². The smallest absolute Gasteiger partial charge is 0.387 e. The second kappa shape index (κ2) is 11.7. The molecule has 2 unspecified atom stereocenters. The Hall–Kier alpha value is -2.48. The van der Waals surface area contributed by atoms with Crippen LogP contribution in [-0.2, 0) is 32.0 Å². The summed E-state index contributed by atoms with van der Waals surface area (Å²) >= 11 is 0. The highest BCUT2D eigenvalue weighted by Gasteiger charge is 2.50. The van der Waals surface area contributed by atoms with Crippen molar-refractivity contribution in [2.24, 2.45) is 0 Å². The first kappa shape index (κ1) is 30.0. The SMILES string of the molecule is Nc1ncnc2c1ncn2[C@@H]1O[C@H](COP(=O)(O)OP(=O)(O)OC[C@H]2O[C@@H]([n+]3ccccc3)[C@H](O)[C@@H]2O)[C@@H](O)[C@H]1O. The number of aliphatic hydroxyl groups is 4. The molecule has 0 aliphatic carbocycles. The summed E-state index contributed by atoms with van der Waals surface area (Å²) in [6.45, 7) is -1.67. The van der Waals surface area contributed by atoms with Gasteiger partial charge in [-0.2, -0.15) is 8.88 Å². The zero-order chi connectivity index (χ0) is 29.5. The quantitative estimate of drug-likeness (QED) is 0.0941. The second-order valence-corrected chi connectivity index (χ2v) is 12.2. The van der Waals surface area contributed by atoms with Crippen LogP contribution in [0.5, 0.6) is 0 Å². The molecule has 3 aromatic rings. The normalized spacial score (nSPS) is 33.1. The predicted molar refractivity (Wildman–Crippen MR) is 131 cm³/mol. The number of ether oxygens (including phenoxy) is 2. The Morgan fingerprint density at radius 3 is 2.15 bits per heavy atom. The fraction of sp³-hybridized carbons (Fsp3) is 0.500. The van der Waals surface area contributed by atoms with Gasteiger partial charge in [0, 0.05) is 12.1 Å². The van der Waals surface area contributed by atoms with Crippen LogP contribution in [-0.4, -0.2) is 99.6 Å². The van der Waals surface area contributed by atoms with Gasteiger partial charge in [-0.15, -0.1) is 0 Å². The third kappa shape index (κ3) is 6.32. The Balaban J connectivity index is 1.15. The number of aliphatic hydroxyl groups excluding tert-OH is 4. The number of rotatable bonds is 10. The van der Waals surface area contributed by atoms with E-state index in [9.17, 15) is 39.3 Å². The number of fused-ring (bicyclic) bond motifs is 1. The summed E-state index contributed by atoms with van der Waals surface area (Å²) < 4.78 is 52.2. The number of anilines is 1. The molecule has 21 heteroatoms. The van der Waals surface area contributed by atoms with Gasteiger partial charge in [-0.25, -0.2) is 24.1 Å². The molecule has 8 N–H and O–H groups in total. The van der Waals surface area contributed by atoms with Crippen molar-refractivity contribution in [3.8, 4) is 0 Å². The Bertz CT molecular complexity index is 1470. The average molecular weight is 621 g/mol. The number of nitrogen functional groups attached to an aromatic ring is 1. The monoisotopic (exact) mass is 621 g/mol. The van der Waals surface area contributed by atoms with E-state index in [1.807, 2.05) is 0 Å². The Morgan fingerprint density at radius 2 is 1.49 bits per heavy atom. The highest BCUT2D eigenvalue weighted by atomic mass is 31.3. The van der Waals surface area contributed by atoms with Gasteiger partial charge in [0.2, 0.25) is 0 Å². The topological polar surface area (TPSA) is 275 Å². The number of nitrogens with zero attached hydrogens (tertiary/aromatic N) is 5. The lowest BCUT2D eigenvalue weighted by Gasteiger charge is -2.20. The fourth-order valence-electron chi connectivity index (χ4n) is 4.36. The van der Waals surface area contributed by atoms with E-state index < -0.39 is 77.9 Å². The van der Waals surface area contributed by atoms with E-state index in [0.717, 1.165) is 6.33 Å². The summed E-state index contributed by atoms with van der Waals surface area (Å²) in [5, 5.41) is 41.4. The molecule has 0 saturated carbocycles. The van der Waals surface area contributed by atoms with Crippen molar-refractivity contribution in [2.45, 2.75) is 49.1 Å². The first-order chi connectivity index (χ1) is 19.4. The standard InChI is InChI=1S/C20H26N6O13P2/c21-17-12-18(23-8-22-17)26(9-24-12)20-16(30)14(28)11(38-20)7-36-41(33,34)39-40(31,32)35-6-10-13(27)15(29)19(37-10)25-4-2-1-3-5-25/h1-5,8-11,13-16,19-20,27-30H,6-7H2,(H3-,21,22,23,31,32,33,34)/p+1/t10-,11-,13-,14-,15-,16-,19-,20-/m1/s1. The van der Waals surface area contributed by atoms with E-state index in [-0.39, 0.29) is 17.0 Å². The molecular weight excluding hydrogens is 594 g/mol. The van der Waals surface area contributed by atoms with E-state index in [1.54, 1.807) is 30.6 Å². The van der Waals surface area contributed by atoms with Gasteiger partial charge >= 0.3 is 15.6 Å². The van der Waals surface area contributed by atoms with Crippen LogP contribution < -0.4 is 10.3 Å². The molecule has 19 nitrogen and oxygen atoms in total.